The molecule has 0 amide bonds. The number of benzene rings is 2. The summed E-state index contributed by atoms with van der Waals surface area (Å²) in [7, 11) is 0. The van der Waals surface area contributed by atoms with Crippen LogP contribution in [0.4, 0.5) is 11.6 Å². The van der Waals surface area contributed by atoms with Gasteiger partial charge in [0.1, 0.15) is 12.3 Å². The maximum Gasteiger partial charge on any atom is 0.227 e. The zero-order valence-corrected chi connectivity index (χ0v) is 18.5. The lowest BCUT2D eigenvalue weighted by Gasteiger charge is -2.17. The van der Waals surface area contributed by atoms with E-state index in [2.05, 4.69) is 15.3 Å². The first-order chi connectivity index (χ1) is 22.8. The molecule has 0 radical (unpaired) electrons. The van der Waals surface area contributed by atoms with E-state index in [4.69, 9.17) is 34.8 Å². The summed E-state index contributed by atoms with van der Waals surface area (Å²) < 4.78 is 140. The molecule has 2 aliphatic heterocycles. The Morgan fingerprint density at radius 3 is 2.80 bits per heavy atom. The highest BCUT2D eigenvalue weighted by atomic mass is 16.5. The second-order valence-corrected chi connectivity index (χ2v) is 7.35. The fraction of sp³-hybridized carbons (Fsp3) is 0.357. The maximum atomic E-state index is 8.71. The first kappa shape index (κ1) is 11.6. The molecule has 0 spiro atoms. The lowest BCUT2D eigenvalue weighted by atomic mass is 10.1. The van der Waals surface area contributed by atoms with Crippen LogP contribution in [0.2, 0.25) is 0 Å². The van der Waals surface area contributed by atoms with Gasteiger partial charge in [-0.25, -0.2) is 9.97 Å². The molecule has 1 fully saturated rings. The number of nitrogens with one attached hydrogen (secondary N) is 1. The molecular weight excluding hydrogens is 440 g/mol. The van der Waals surface area contributed by atoms with E-state index in [1.54, 1.807) is 6.07 Å². The predicted octanol–water partition coefficient (Wildman–Crippen LogP) is 4.96. The number of anilines is 2. The van der Waals surface area contributed by atoms with E-state index in [1.165, 1.54) is 35.2 Å². The summed E-state index contributed by atoms with van der Waals surface area (Å²) in [5.74, 6) is -0.619. The van der Waals surface area contributed by atoms with Gasteiger partial charge in [0.25, 0.3) is 0 Å². The highest BCUT2D eigenvalue weighted by molar-refractivity contribution is 5.63. The van der Waals surface area contributed by atoms with Crippen molar-refractivity contribution < 1.29 is 34.8 Å². The van der Waals surface area contributed by atoms with Crippen LogP contribution >= 0.6 is 0 Å². The monoisotopic (exact) mass is 487 g/mol. The fourth-order valence-corrected chi connectivity index (χ4v) is 3.19. The Morgan fingerprint density at radius 1 is 1.06 bits per heavy atom. The lowest BCUT2D eigenvalue weighted by Crippen LogP contribution is -2.25. The minimum atomic E-state index is -3.13. The van der Waals surface area contributed by atoms with Gasteiger partial charge in [-0.15, -0.1) is 0 Å². The Labute approximate surface area is 227 Å². The van der Waals surface area contributed by atoms with E-state index in [9.17, 15) is 0 Å². The van der Waals surface area contributed by atoms with Gasteiger partial charge in [0.05, 0.1) is 47.0 Å². The molecule has 2 aromatic carbocycles. The van der Waals surface area contributed by atoms with Crippen LogP contribution in [0.5, 0.6) is 5.75 Å². The van der Waals surface area contributed by atoms with Crippen molar-refractivity contribution >= 4 is 11.6 Å². The molecule has 7 nitrogen and oxygen atoms in total. The van der Waals surface area contributed by atoms with Crippen LogP contribution in [0.1, 0.15) is 44.4 Å². The Morgan fingerprint density at radius 2 is 1.91 bits per heavy atom. The quantitative estimate of drug-likeness (QED) is 0.521. The van der Waals surface area contributed by atoms with E-state index in [0.717, 1.165) is 12.1 Å². The molecule has 3 aromatic rings. The van der Waals surface area contributed by atoms with Crippen LogP contribution < -0.4 is 10.1 Å². The second kappa shape index (κ2) is 11.9. The predicted molar refractivity (Wildman–Crippen MR) is 137 cm³/mol. The van der Waals surface area contributed by atoms with Gasteiger partial charge in [-0.2, -0.15) is 0 Å². The van der Waals surface area contributed by atoms with E-state index >= 15 is 0 Å². The van der Waals surface area contributed by atoms with Crippen molar-refractivity contribution in [3.05, 3.63) is 78.0 Å². The number of fused-ring (bicyclic) bond motifs is 7. The molecule has 0 saturated carbocycles. The highest BCUT2D eigenvalue weighted by Crippen LogP contribution is 2.26. The Hall–Kier alpha value is -3.26. The van der Waals surface area contributed by atoms with E-state index in [1.807, 2.05) is 0 Å². The van der Waals surface area contributed by atoms with Crippen molar-refractivity contribution in [2.75, 3.05) is 44.6 Å². The van der Waals surface area contributed by atoms with E-state index in [0.29, 0.717) is 17.7 Å². The maximum absolute atomic E-state index is 8.71. The Kier molecular flexibility index (Phi) is 3.97. The van der Waals surface area contributed by atoms with Crippen molar-refractivity contribution in [2.45, 2.75) is 25.9 Å². The molecule has 0 unspecified atom stereocenters. The number of hydrogen-bond acceptors (Lipinski definition) is 7. The van der Waals surface area contributed by atoms with Crippen LogP contribution in [0.25, 0.3) is 11.3 Å². The van der Waals surface area contributed by atoms with Crippen LogP contribution in [-0.4, -0.2) is 54.2 Å². The largest absolute Gasteiger partial charge is 0.492 e. The third-order valence-electron chi connectivity index (χ3n) is 4.86. The molecule has 6 bridgehead atoms. The highest BCUT2D eigenvalue weighted by Gasteiger charge is 2.13. The van der Waals surface area contributed by atoms with Gasteiger partial charge in [0, 0.05) is 35.0 Å². The van der Waals surface area contributed by atoms with Gasteiger partial charge in [-0.1, -0.05) is 30.4 Å². The molecule has 0 atom stereocenters. The topological polar surface area (TPSA) is 68.7 Å². The summed E-state index contributed by atoms with van der Waals surface area (Å²) in [5, 5.41) is 2.83. The minimum Gasteiger partial charge on any atom is -0.492 e. The first-order valence-electron chi connectivity index (χ1n) is 18.2. The molecule has 1 saturated heterocycles. The van der Waals surface area contributed by atoms with Crippen LogP contribution in [0, 0.1) is 0 Å². The summed E-state index contributed by atoms with van der Waals surface area (Å²) in [6.45, 7) is -16.0. The van der Waals surface area contributed by atoms with E-state index < -0.39 is 76.5 Å². The number of rotatable bonds is 4. The molecule has 2 aliphatic rings. The molecule has 182 valence electrons. The molecule has 35 heavy (non-hydrogen) atoms. The van der Waals surface area contributed by atoms with Gasteiger partial charge in [-0.05, 0) is 61.7 Å². The number of aromatic nitrogens is 2. The number of hydrogen-bond donors (Lipinski definition) is 1. The van der Waals surface area contributed by atoms with Crippen molar-refractivity contribution in [1.82, 2.24) is 14.9 Å². The van der Waals surface area contributed by atoms with Gasteiger partial charge >= 0.3 is 0 Å². The molecular formula is C28H32N4O3. The minimum absolute atomic E-state index is 0.0740. The van der Waals surface area contributed by atoms with Crippen molar-refractivity contribution in [3.63, 3.8) is 0 Å². The number of nitrogens with zero attached hydrogens (tertiary/aromatic N) is 3. The van der Waals surface area contributed by atoms with Crippen LogP contribution in [0.15, 0.2) is 66.9 Å². The molecule has 5 rings (SSSR count). The fourth-order valence-electron chi connectivity index (χ4n) is 3.19. The first-order valence-corrected chi connectivity index (χ1v) is 10.7. The van der Waals surface area contributed by atoms with Crippen molar-refractivity contribution in [1.29, 1.82) is 0 Å². The summed E-state index contributed by atoms with van der Waals surface area (Å²) in [6, 6.07) is 10.6. The van der Waals surface area contributed by atoms with Crippen LogP contribution in [0.3, 0.4) is 0 Å². The molecule has 0 aliphatic carbocycles. The molecule has 3 heterocycles. The normalized spacial score (nSPS) is 33.1. The molecule has 1 aromatic heterocycles. The standard InChI is InChI=1S/C28H32N4O3/c1-2-13-32(12-1)14-17-35-27-9-8-25-19-24(27)21-34-16-4-3-15-33-20-22-6-5-7-23(18-22)26-10-11-29-28(30-25)31-26/h3-11,18-19H,1-2,12-17,20-21H2,(H,29,30,31)/b4-3+/i1D2,2D2,11D,15D2,16D2,17D2,20D2,21D2. The second-order valence-electron chi connectivity index (χ2n) is 7.35. The zero-order valence-electron chi connectivity index (χ0n) is 33.5. The van der Waals surface area contributed by atoms with Crippen molar-refractivity contribution in [3.8, 4) is 17.0 Å². The van der Waals surface area contributed by atoms with Gasteiger partial charge in [0.15, 0.2) is 0 Å². The molecule has 1 N–H and O–H groups in total. The summed E-state index contributed by atoms with van der Waals surface area (Å²) in [4.78, 5) is 9.62. The Balaban J connectivity index is 1.59. The van der Waals surface area contributed by atoms with Gasteiger partial charge in [-0.3, -0.25) is 4.90 Å². The summed E-state index contributed by atoms with van der Waals surface area (Å²) in [6.07, 6.45) is -3.76. The number of likely N-dealkylation sites (tertiary alicyclic amines) is 1. The Bertz CT molecular complexity index is 1770. The average Bonchev–Trinajstić information content (AvgIpc) is 3.15. The smallest absolute Gasteiger partial charge is 0.227 e. The molecule has 7 heteroatoms. The summed E-state index contributed by atoms with van der Waals surface area (Å²) >= 11 is 0. The van der Waals surface area contributed by atoms with Crippen molar-refractivity contribution in [2.24, 2.45) is 0 Å². The SMILES string of the molecule is [2H]c1cc2nc(n1)Nc1ccc(OC([2H])([2H])CN3CC([2H])([2H])C([2H])([2H])C3)c(c1)C([2H])([2H])OC([2H])([2H])/C=C/C([2H])([2H])OC([2H])([2H])c1cccc-2c1. The van der Waals surface area contributed by atoms with Crippen LogP contribution in [-0.2, 0) is 22.6 Å². The number of ether oxygens (including phenoxy) is 3. The van der Waals surface area contributed by atoms with E-state index in [-0.39, 0.29) is 29.1 Å². The lowest BCUT2D eigenvalue weighted by molar-refractivity contribution is 0.138. The average molecular weight is 488 g/mol. The zero-order chi connectivity index (χ0) is 37.1. The summed E-state index contributed by atoms with van der Waals surface area (Å²) in [5.41, 5.74) is -0.110. The third kappa shape index (κ3) is 6.66. The van der Waals surface area contributed by atoms with Gasteiger partial charge in [0.2, 0.25) is 5.95 Å². The van der Waals surface area contributed by atoms with Gasteiger partial charge < -0.3 is 19.5 Å². The third-order valence-corrected chi connectivity index (χ3v) is 4.86.